The van der Waals surface area contributed by atoms with Crippen LogP contribution in [0.25, 0.3) is 0 Å². The summed E-state index contributed by atoms with van der Waals surface area (Å²) in [4.78, 5) is 23.6. The third kappa shape index (κ3) is 5.22. The van der Waals surface area contributed by atoms with Gasteiger partial charge in [-0.25, -0.2) is 8.42 Å². The van der Waals surface area contributed by atoms with Crippen LogP contribution in [0.5, 0.6) is 5.75 Å². The largest absolute Gasteiger partial charge is 0.484 e. The number of nitrogens with two attached hydrogens (primary N) is 1. The number of rotatable bonds is 8. The summed E-state index contributed by atoms with van der Waals surface area (Å²) in [6.45, 7) is 1.60. The van der Waals surface area contributed by atoms with E-state index in [1.165, 1.54) is 28.8 Å². The Balaban J connectivity index is 1.62. The Kier molecular flexibility index (Phi) is 6.62. The molecule has 31 heavy (non-hydrogen) atoms. The Labute approximate surface area is 184 Å². The summed E-state index contributed by atoms with van der Waals surface area (Å²) in [6, 6.07) is 14.5. The molecule has 0 saturated heterocycles. The predicted molar refractivity (Wildman–Crippen MR) is 120 cm³/mol. The minimum atomic E-state index is -3.70. The number of amides is 2. The van der Waals surface area contributed by atoms with Gasteiger partial charge in [-0.05, 0) is 54.8 Å². The van der Waals surface area contributed by atoms with Crippen molar-refractivity contribution in [3.63, 3.8) is 0 Å². The van der Waals surface area contributed by atoms with Crippen LogP contribution in [0.2, 0.25) is 0 Å². The molecule has 2 amide bonds. The lowest BCUT2D eigenvalue weighted by Gasteiger charge is -2.20. The summed E-state index contributed by atoms with van der Waals surface area (Å²) < 4.78 is 32.2. The van der Waals surface area contributed by atoms with E-state index >= 15 is 0 Å². The molecule has 0 fully saturated rings. The molecule has 0 unspecified atom stereocenters. The average molecular weight is 460 g/mol. The van der Waals surface area contributed by atoms with Crippen molar-refractivity contribution >= 4 is 43.9 Å². The highest BCUT2D eigenvalue weighted by Crippen LogP contribution is 2.25. The van der Waals surface area contributed by atoms with Crippen molar-refractivity contribution in [3.8, 4) is 5.75 Å². The summed E-state index contributed by atoms with van der Waals surface area (Å²) >= 11 is 1.18. The van der Waals surface area contributed by atoms with E-state index in [2.05, 4.69) is 5.32 Å². The van der Waals surface area contributed by atoms with Crippen LogP contribution in [0.1, 0.15) is 15.9 Å². The van der Waals surface area contributed by atoms with Crippen LogP contribution >= 0.6 is 11.3 Å². The molecule has 0 spiro atoms. The fraction of sp³-hybridized carbons (Fsp3) is 0.143. The normalized spacial score (nSPS) is 11.0. The van der Waals surface area contributed by atoms with Crippen molar-refractivity contribution in [2.75, 3.05) is 23.3 Å². The molecular formula is C21H21N3O5S2. The molecule has 3 N–H and O–H groups in total. The molecule has 2 aromatic carbocycles. The van der Waals surface area contributed by atoms with E-state index < -0.39 is 21.8 Å². The van der Waals surface area contributed by atoms with Gasteiger partial charge in [0.25, 0.3) is 21.8 Å². The number of aryl methyl sites for hydroxylation is 1. The van der Waals surface area contributed by atoms with E-state index in [1.807, 2.05) is 6.92 Å². The standard InChI is InChI=1S/C21H21N3O5S2/c1-14-3-9-17(10-4-14)31(27,28)24(2)15-5-7-16(8-6-15)29-13-19(25)23-21-18(20(22)26)11-12-30-21/h3-12H,13H2,1-2H3,(H2,22,26)(H,23,25). The minimum absolute atomic E-state index is 0.196. The minimum Gasteiger partial charge on any atom is -0.484 e. The van der Waals surface area contributed by atoms with Crippen molar-refractivity contribution in [2.24, 2.45) is 5.73 Å². The highest BCUT2D eigenvalue weighted by atomic mass is 32.2. The lowest BCUT2D eigenvalue weighted by molar-refractivity contribution is -0.118. The topological polar surface area (TPSA) is 119 Å². The zero-order chi connectivity index (χ0) is 22.6. The molecule has 10 heteroatoms. The van der Waals surface area contributed by atoms with Crippen LogP contribution in [0.3, 0.4) is 0 Å². The van der Waals surface area contributed by atoms with Gasteiger partial charge in [-0.15, -0.1) is 11.3 Å². The van der Waals surface area contributed by atoms with Gasteiger partial charge in [-0.1, -0.05) is 17.7 Å². The van der Waals surface area contributed by atoms with Gasteiger partial charge in [0.1, 0.15) is 10.8 Å². The van der Waals surface area contributed by atoms with E-state index in [4.69, 9.17) is 10.5 Å². The molecule has 8 nitrogen and oxygen atoms in total. The highest BCUT2D eigenvalue weighted by Gasteiger charge is 2.21. The van der Waals surface area contributed by atoms with Crippen LogP contribution in [-0.4, -0.2) is 33.9 Å². The SMILES string of the molecule is Cc1ccc(S(=O)(=O)N(C)c2ccc(OCC(=O)Nc3sccc3C(N)=O)cc2)cc1. The molecule has 162 valence electrons. The fourth-order valence-corrected chi connectivity index (χ4v) is 4.68. The van der Waals surface area contributed by atoms with Crippen LogP contribution in [0.15, 0.2) is 64.9 Å². The van der Waals surface area contributed by atoms with Gasteiger partial charge < -0.3 is 15.8 Å². The number of ether oxygens (including phenoxy) is 1. The first kappa shape index (κ1) is 22.3. The Morgan fingerprint density at radius 3 is 2.32 bits per heavy atom. The molecule has 0 atom stereocenters. The van der Waals surface area contributed by atoms with E-state index in [0.29, 0.717) is 16.4 Å². The molecule has 1 aromatic heterocycles. The Bertz CT molecular complexity index is 1190. The van der Waals surface area contributed by atoms with Crippen molar-refractivity contribution < 1.29 is 22.7 Å². The van der Waals surface area contributed by atoms with Gasteiger partial charge in [0.15, 0.2) is 6.61 Å². The first-order chi connectivity index (χ1) is 14.7. The van der Waals surface area contributed by atoms with Crippen molar-refractivity contribution in [3.05, 3.63) is 71.1 Å². The van der Waals surface area contributed by atoms with Crippen LogP contribution in [-0.2, 0) is 14.8 Å². The second-order valence-electron chi connectivity index (χ2n) is 6.64. The first-order valence-electron chi connectivity index (χ1n) is 9.14. The number of hydrogen-bond acceptors (Lipinski definition) is 6. The number of carbonyl (C=O) groups is 2. The zero-order valence-electron chi connectivity index (χ0n) is 16.9. The molecule has 1 heterocycles. The lowest BCUT2D eigenvalue weighted by atomic mass is 10.2. The molecule has 3 rings (SSSR count). The van der Waals surface area contributed by atoms with Gasteiger partial charge >= 0.3 is 0 Å². The molecular weight excluding hydrogens is 438 g/mol. The lowest BCUT2D eigenvalue weighted by Crippen LogP contribution is -2.26. The maximum absolute atomic E-state index is 12.8. The number of primary amides is 1. The third-order valence-electron chi connectivity index (χ3n) is 4.43. The number of sulfonamides is 1. The van der Waals surface area contributed by atoms with Crippen molar-refractivity contribution in [1.82, 2.24) is 0 Å². The number of thiophene rings is 1. The Morgan fingerprint density at radius 1 is 1.06 bits per heavy atom. The number of nitrogens with one attached hydrogen (secondary N) is 1. The molecule has 0 aliphatic heterocycles. The van der Waals surface area contributed by atoms with Crippen LogP contribution in [0, 0.1) is 6.92 Å². The summed E-state index contributed by atoms with van der Waals surface area (Å²) in [6.07, 6.45) is 0. The van der Waals surface area contributed by atoms with Crippen LogP contribution in [0.4, 0.5) is 10.7 Å². The molecule has 0 radical (unpaired) electrons. The molecule has 0 bridgehead atoms. The van der Waals surface area contributed by atoms with E-state index in [1.54, 1.807) is 53.9 Å². The fourth-order valence-electron chi connectivity index (χ4n) is 2.67. The number of benzene rings is 2. The summed E-state index contributed by atoms with van der Waals surface area (Å²) in [5, 5.41) is 4.59. The highest BCUT2D eigenvalue weighted by molar-refractivity contribution is 7.92. The maximum atomic E-state index is 12.8. The number of carbonyl (C=O) groups excluding carboxylic acids is 2. The number of anilines is 2. The molecule has 0 saturated carbocycles. The van der Waals surface area contributed by atoms with E-state index in [0.717, 1.165) is 5.56 Å². The zero-order valence-corrected chi connectivity index (χ0v) is 18.5. The van der Waals surface area contributed by atoms with E-state index in [-0.39, 0.29) is 17.1 Å². The van der Waals surface area contributed by atoms with Gasteiger partial charge in [-0.3, -0.25) is 13.9 Å². The Morgan fingerprint density at radius 2 is 1.71 bits per heavy atom. The smallest absolute Gasteiger partial charge is 0.264 e. The van der Waals surface area contributed by atoms with Gasteiger partial charge in [-0.2, -0.15) is 0 Å². The molecule has 0 aliphatic rings. The monoisotopic (exact) mass is 459 g/mol. The summed E-state index contributed by atoms with van der Waals surface area (Å²) in [5.41, 5.74) is 6.90. The summed E-state index contributed by atoms with van der Waals surface area (Å²) in [5.74, 6) is -0.688. The Hall–Kier alpha value is -3.37. The predicted octanol–water partition coefficient (Wildman–Crippen LogP) is 3.00. The molecule has 0 aliphatic carbocycles. The van der Waals surface area contributed by atoms with Crippen LogP contribution < -0.4 is 20.1 Å². The van der Waals surface area contributed by atoms with Crippen molar-refractivity contribution in [2.45, 2.75) is 11.8 Å². The number of hydrogen-bond donors (Lipinski definition) is 2. The maximum Gasteiger partial charge on any atom is 0.264 e. The van der Waals surface area contributed by atoms with Gasteiger partial charge in [0.05, 0.1) is 16.1 Å². The van der Waals surface area contributed by atoms with Crippen molar-refractivity contribution in [1.29, 1.82) is 0 Å². The van der Waals surface area contributed by atoms with E-state index in [9.17, 15) is 18.0 Å². The quantitative estimate of drug-likeness (QED) is 0.537. The van der Waals surface area contributed by atoms with Gasteiger partial charge in [0.2, 0.25) is 0 Å². The second kappa shape index (κ2) is 9.19. The van der Waals surface area contributed by atoms with Gasteiger partial charge in [0, 0.05) is 7.05 Å². The molecule has 3 aromatic rings. The average Bonchev–Trinajstić information content (AvgIpc) is 3.21. The summed E-state index contributed by atoms with van der Waals surface area (Å²) in [7, 11) is -2.23. The second-order valence-corrected chi connectivity index (χ2v) is 9.53. The first-order valence-corrected chi connectivity index (χ1v) is 11.5. The third-order valence-corrected chi connectivity index (χ3v) is 7.06. The number of nitrogens with zero attached hydrogens (tertiary/aromatic N) is 1.